The zero-order chi connectivity index (χ0) is 19.9. The Morgan fingerprint density at radius 2 is 1.61 bits per heavy atom. The molecule has 4 rings (SSSR count). The molecule has 0 saturated carbocycles. The molecule has 2 aliphatic rings. The van der Waals surface area contributed by atoms with E-state index in [9.17, 15) is 4.79 Å². The third-order valence-electron chi connectivity index (χ3n) is 5.66. The molecule has 1 aliphatic heterocycles. The number of benzene rings is 2. The van der Waals surface area contributed by atoms with E-state index in [0.29, 0.717) is 17.9 Å². The molecular weight excluding hydrogens is 350 g/mol. The molecule has 0 aromatic heterocycles. The van der Waals surface area contributed by atoms with Gasteiger partial charge >= 0.3 is 0 Å². The fourth-order valence-corrected chi connectivity index (χ4v) is 3.83. The number of carbonyl (C=O) groups is 1. The number of hydrogen-bond donors (Lipinski definition) is 0. The SMILES string of the molecule is CC1CCN(Cc2ccccc2)CC1.COc1cc2c(cc1OC)C(=O)CC2. The second-order valence-corrected chi connectivity index (χ2v) is 7.73. The Labute approximate surface area is 168 Å². The Morgan fingerprint density at radius 3 is 2.25 bits per heavy atom. The molecule has 2 aromatic carbocycles. The summed E-state index contributed by atoms with van der Waals surface area (Å²) in [4.78, 5) is 14.0. The van der Waals surface area contributed by atoms with Crippen LogP contribution in [0.2, 0.25) is 0 Å². The minimum absolute atomic E-state index is 0.195. The lowest BCUT2D eigenvalue weighted by atomic mass is 9.99. The van der Waals surface area contributed by atoms with Gasteiger partial charge in [-0.2, -0.15) is 0 Å². The van der Waals surface area contributed by atoms with Crippen molar-refractivity contribution in [3.63, 3.8) is 0 Å². The Hall–Kier alpha value is -2.33. The van der Waals surface area contributed by atoms with Crippen LogP contribution in [0.1, 0.15) is 47.7 Å². The zero-order valence-corrected chi connectivity index (χ0v) is 17.2. The molecule has 1 fully saturated rings. The third-order valence-corrected chi connectivity index (χ3v) is 5.66. The molecule has 0 spiro atoms. The highest BCUT2D eigenvalue weighted by atomic mass is 16.5. The molecule has 4 heteroatoms. The molecule has 0 bridgehead atoms. The van der Waals surface area contributed by atoms with E-state index < -0.39 is 0 Å². The van der Waals surface area contributed by atoms with Crippen LogP contribution in [0.15, 0.2) is 42.5 Å². The molecule has 1 saturated heterocycles. The highest BCUT2D eigenvalue weighted by Crippen LogP contribution is 2.34. The van der Waals surface area contributed by atoms with Gasteiger partial charge in [0.05, 0.1) is 14.2 Å². The van der Waals surface area contributed by atoms with Gasteiger partial charge in [0.15, 0.2) is 17.3 Å². The van der Waals surface area contributed by atoms with Gasteiger partial charge in [0.25, 0.3) is 0 Å². The number of ether oxygens (including phenoxy) is 2. The lowest BCUT2D eigenvalue weighted by Crippen LogP contribution is -2.32. The van der Waals surface area contributed by atoms with Crippen molar-refractivity contribution < 1.29 is 14.3 Å². The van der Waals surface area contributed by atoms with Crippen molar-refractivity contribution in [3.05, 3.63) is 59.2 Å². The molecule has 2 aromatic rings. The largest absolute Gasteiger partial charge is 0.493 e. The first-order valence-corrected chi connectivity index (χ1v) is 10.1. The maximum atomic E-state index is 11.4. The quantitative estimate of drug-likeness (QED) is 0.766. The van der Waals surface area contributed by atoms with Crippen molar-refractivity contribution in [2.75, 3.05) is 27.3 Å². The molecular formula is C24H31NO3. The number of hydrogen-bond acceptors (Lipinski definition) is 4. The fourth-order valence-electron chi connectivity index (χ4n) is 3.83. The summed E-state index contributed by atoms with van der Waals surface area (Å²) in [5.74, 6) is 2.45. The average molecular weight is 382 g/mol. The van der Waals surface area contributed by atoms with Crippen LogP contribution in [0.3, 0.4) is 0 Å². The Morgan fingerprint density at radius 1 is 0.964 bits per heavy atom. The van der Waals surface area contributed by atoms with E-state index in [4.69, 9.17) is 9.47 Å². The summed E-state index contributed by atoms with van der Waals surface area (Å²) in [6, 6.07) is 14.4. The first kappa shape index (κ1) is 20.4. The first-order valence-electron chi connectivity index (χ1n) is 10.1. The van der Waals surface area contributed by atoms with Crippen molar-refractivity contribution in [1.82, 2.24) is 4.90 Å². The highest BCUT2D eigenvalue weighted by molar-refractivity contribution is 6.01. The van der Waals surface area contributed by atoms with E-state index >= 15 is 0 Å². The van der Waals surface area contributed by atoms with Gasteiger partial charge in [0.1, 0.15) is 0 Å². The monoisotopic (exact) mass is 381 g/mol. The molecule has 0 atom stereocenters. The number of carbonyl (C=O) groups excluding carboxylic acids is 1. The topological polar surface area (TPSA) is 38.8 Å². The maximum absolute atomic E-state index is 11.4. The molecule has 0 N–H and O–H groups in total. The van der Waals surface area contributed by atoms with E-state index in [-0.39, 0.29) is 5.78 Å². The molecule has 0 radical (unpaired) electrons. The second kappa shape index (κ2) is 9.74. The van der Waals surface area contributed by atoms with Gasteiger partial charge in [-0.3, -0.25) is 9.69 Å². The Balaban J connectivity index is 0.000000161. The summed E-state index contributed by atoms with van der Waals surface area (Å²) in [5, 5.41) is 0. The number of rotatable bonds is 4. The predicted molar refractivity (Wildman–Crippen MR) is 112 cm³/mol. The molecule has 1 aliphatic carbocycles. The average Bonchev–Trinajstić information content (AvgIpc) is 3.10. The van der Waals surface area contributed by atoms with Crippen LogP contribution in [0.4, 0.5) is 0 Å². The number of aryl methyl sites for hydroxylation is 1. The van der Waals surface area contributed by atoms with E-state index in [1.54, 1.807) is 20.3 Å². The van der Waals surface area contributed by atoms with Crippen molar-refractivity contribution in [2.45, 2.75) is 39.2 Å². The summed E-state index contributed by atoms with van der Waals surface area (Å²) in [7, 11) is 3.17. The van der Waals surface area contributed by atoms with Gasteiger partial charge in [0.2, 0.25) is 0 Å². The smallest absolute Gasteiger partial charge is 0.163 e. The Bertz CT molecular complexity index is 780. The second-order valence-electron chi connectivity index (χ2n) is 7.73. The Kier molecular flexibility index (Phi) is 7.10. The number of likely N-dealkylation sites (tertiary alicyclic amines) is 1. The minimum atomic E-state index is 0.195. The van der Waals surface area contributed by atoms with E-state index in [0.717, 1.165) is 30.0 Å². The maximum Gasteiger partial charge on any atom is 0.163 e. The molecule has 0 amide bonds. The number of fused-ring (bicyclic) bond motifs is 1. The third kappa shape index (κ3) is 5.14. The molecule has 150 valence electrons. The van der Waals surface area contributed by atoms with E-state index in [1.165, 1.54) is 31.5 Å². The minimum Gasteiger partial charge on any atom is -0.493 e. The molecule has 0 unspecified atom stereocenters. The van der Waals surface area contributed by atoms with Crippen molar-refractivity contribution in [1.29, 1.82) is 0 Å². The normalized spacial score (nSPS) is 16.9. The van der Waals surface area contributed by atoms with Crippen molar-refractivity contribution >= 4 is 5.78 Å². The summed E-state index contributed by atoms with van der Waals surface area (Å²) in [5.41, 5.74) is 3.29. The highest BCUT2D eigenvalue weighted by Gasteiger charge is 2.22. The van der Waals surface area contributed by atoms with Crippen molar-refractivity contribution in [2.24, 2.45) is 5.92 Å². The van der Waals surface area contributed by atoms with Crippen molar-refractivity contribution in [3.8, 4) is 11.5 Å². The van der Waals surface area contributed by atoms with Crippen LogP contribution in [-0.2, 0) is 13.0 Å². The fraction of sp³-hybridized carbons (Fsp3) is 0.458. The summed E-state index contributed by atoms with van der Waals surface area (Å²) in [6.07, 6.45) is 4.15. The number of nitrogens with zero attached hydrogens (tertiary/aromatic N) is 1. The van der Waals surface area contributed by atoms with Crippen LogP contribution in [0.5, 0.6) is 11.5 Å². The predicted octanol–water partition coefficient (Wildman–Crippen LogP) is 4.75. The van der Waals surface area contributed by atoms with Crippen LogP contribution < -0.4 is 9.47 Å². The van der Waals surface area contributed by atoms with Gasteiger partial charge in [-0.25, -0.2) is 0 Å². The lowest BCUT2D eigenvalue weighted by molar-refractivity contribution is 0.0994. The van der Waals surface area contributed by atoms with Gasteiger partial charge in [-0.05, 0) is 61.5 Å². The summed E-state index contributed by atoms with van der Waals surface area (Å²) in [6.45, 7) is 6.04. The molecule has 28 heavy (non-hydrogen) atoms. The van der Waals surface area contributed by atoms with Gasteiger partial charge in [-0.1, -0.05) is 37.3 Å². The molecule has 4 nitrogen and oxygen atoms in total. The van der Waals surface area contributed by atoms with Crippen LogP contribution in [0, 0.1) is 5.92 Å². The van der Waals surface area contributed by atoms with Gasteiger partial charge in [0, 0.05) is 18.5 Å². The van der Waals surface area contributed by atoms with E-state index in [2.05, 4.69) is 42.2 Å². The summed E-state index contributed by atoms with van der Waals surface area (Å²) < 4.78 is 10.3. The van der Waals surface area contributed by atoms with E-state index in [1.807, 2.05) is 6.07 Å². The number of Topliss-reactive ketones (excluding diaryl/α,β-unsaturated/α-hetero) is 1. The number of methoxy groups -OCH3 is 2. The van der Waals surface area contributed by atoms with Crippen LogP contribution in [0.25, 0.3) is 0 Å². The standard InChI is InChI=1S/C13H19N.C11H12O3/c1-12-7-9-14(10-8-12)11-13-5-3-2-4-6-13;1-13-10-5-7-3-4-9(12)8(7)6-11(10)14-2/h2-6,12H,7-11H2,1H3;5-6H,3-4H2,1-2H3. The van der Waals surface area contributed by atoms with Crippen LogP contribution in [-0.4, -0.2) is 38.0 Å². The van der Waals surface area contributed by atoms with Crippen LogP contribution >= 0.6 is 0 Å². The van der Waals surface area contributed by atoms with Gasteiger partial charge in [-0.15, -0.1) is 0 Å². The van der Waals surface area contributed by atoms with Gasteiger partial charge < -0.3 is 9.47 Å². The zero-order valence-electron chi connectivity index (χ0n) is 17.2. The summed E-state index contributed by atoms with van der Waals surface area (Å²) >= 11 is 0. The lowest BCUT2D eigenvalue weighted by Gasteiger charge is -2.30. The number of piperidine rings is 1. The molecule has 1 heterocycles. The number of ketones is 1. The first-order chi connectivity index (χ1) is 13.6.